The van der Waals surface area contributed by atoms with E-state index in [1.54, 1.807) is 19.1 Å². The Morgan fingerprint density at radius 1 is 1.20 bits per heavy atom. The van der Waals surface area contributed by atoms with Gasteiger partial charge in [0.05, 0.1) is 18.5 Å². The van der Waals surface area contributed by atoms with Crippen molar-refractivity contribution in [1.82, 2.24) is 4.98 Å². The highest BCUT2D eigenvalue weighted by atomic mass is 16.4. The molecule has 0 unspecified atom stereocenters. The fourth-order valence-corrected chi connectivity index (χ4v) is 1.25. The third kappa shape index (κ3) is 3.38. The lowest BCUT2D eigenvalue weighted by Gasteiger charge is -2.04. The summed E-state index contributed by atoms with van der Waals surface area (Å²) in [6, 6.07) is 3.15. The van der Waals surface area contributed by atoms with E-state index in [0.717, 1.165) is 0 Å². The first-order valence-electron chi connectivity index (χ1n) is 4.38. The fourth-order valence-electron chi connectivity index (χ4n) is 1.25. The Morgan fingerprint density at radius 2 is 1.80 bits per heavy atom. The summed E-state index contributed by atoms with van der Waals surface area (Å²) in [5, 5.41) is 17.1. The van der Waals surface area contributed by atoms with Crippen molar-refractivity contribution in [3.8, 4) is 0 Å². The van der Waals surface area contributed by atoms with E-state index >= 15 is 0 Å². The smallest absolute Gasteiger partial charge is 0.309 e. The zero-order valence-corrected chi connectivity index (χ0v) is 8.23. The number of nitrogens with zero attached hydrogens (tertiary/aromatic N) is 1. The molecule has 15 heavy (non-hydrogen) atoms. The Labute approximate surface area is 86.4 Å². The van der Waals surface area contributed by atoms with Crippen LogP contribution >= 0.6 is 0 Å². The van der Waals surface area contributed by atoms with Gasteiger partial charge >= 0.3 is 11.9 Å². The zero-order valence-electron chi connectivity index (χ0n) is 8.23. The molecule has 0 radical (unpaired) electrons. The molecule has 0 amide bonds. The highest BCUT2D eigenvalue weighted by molar-refractivity contribution is 5.71. The maximum Gasteiger partial charge on any atom is 0.309 e. The molecule has 80 valence electrons. The molecule has 5 heteroatoms. The van der Waals surface area contributed by atoms with Crippen LogP contribution in [-0.2, 0) is 22.4 Å². The first-order valence-corrected chi connectivity index (χ1v) is 4.38. The summed E-state index contributed by atoms with van der Waals surface area (Å²) >= 11 is 0. The lowest BCUT2D eigenvalue weighted by Crippen LogP contribution is -2.07. The molecule has 0 fully saturated rings. The molecule has 1 rings (SSSR count). The van der Waals surface area contributed by atoms with E-state index < -0.39 is 11.9 Å². The van der Waals surface area contributed by atoms with Crippen LogP contribution in [0.5, 0.6) is 0 Å². The Balaban J connectivity index is 2.87. The number of aliphatic carboxylic acids is 2. The standard InChI is InChI=1S/C10H11NO4/c1-6-7(4-9(12)13)2-3-8(11-6)5-10(14)15/h2-3H,4-5H2,1H3,(H,12,13)(H,14,15). The third-order valence-electron chi connectivity index (χ3n) is 1.93. The molecule has 0 atom stereocenters. The number of aryl methyl sites for hydroxylation is 1. The number of carbonyl (C=O) groups is 2. The summed E-state index contributed by atoms with van der Waals surface area (Å²) in [6.07, 6.45) is -0.236. The largest absolute Gasteiger partial charge is 0.481 e. The van der Waals surface area contributed by atoms with E-state index in [-0.39, 0.29) is 12.8 Å². The highest BCUT2D eigenvalue weighted by Gasteiger charge is 2.07. The molecule has 0 aromatic carbocycles. The lowest BCUT2D eigenvalue weighted by atomic mass is 10.1. The molecule has 0 aliphatic rings. The van der Waals surface area contributed by atoms with Gasteiger partial charge < -0.3 is 10.2 Å². The van der Waals surface area contributed by atoms with Gasteiger partial charge in [0.1, 0.15) is 0 Å². The molecule has 0 spiro atoms. The Bertz CT molecular complexity index is 400. The van der Waals surface area contributed by atoms with Gasteiger partial charge in [-0.2, -0.15) is 0 Å². The van der Waals surface area contributed by atoms with Crippen LogP contribution in [0.15, 0.2) is 12.1 Å². The normalized spacial score (nSPS) is 9.93. The molecule has 0 saturated heterocycles. The van der Waals surface area contributed by atoms with Gasteiger partial charge in [-0.25, -0.2) is 0 Å². The Kier molecular flexibility index (Phi) is 3.38. The summed E-state index contributed by atoms with van der Waals surface area (Å²) in [4.78, 5) is 24.9. The van der Waals surface area contributed by atoms with Crippen LogP contribution in [0.2, 0.25) is 0 Å². The predicted molar refractivity (Wildman–Crippen MR) is 51.7 cm³/mol. The lowest BCUT2D eigenvalue weighted by molar-refractivity contribution is -0.137. The summed E-state index contributed by atoms with van der Waals surface area (Å²) in [5.74, 6) is -1.88. The minimum Gasteiger partial charge on any atom is -0.481 e. The van der Waals surface area contributed by atoms with Gasteiger partial charge in [-0.15, -0.1) is 0 Å². The van der Waals surface area contributed by atoms with Crippen molar-refractivity contribution >= 4 is 11.9 Å². The van der Waals surface area contributed by atoms with E-state index in [1.165, 1.54) is 0 Å². The van der Waals surface area contributed by atoms with Crippen LogP contribution in [0.25, 0.3) is 0 Å². The summed E-state index contributed by atoms with van der Waals surface area (Å²) in [5.41, 5.74) is 1.61. The summed E-state index contributed by atoms with van der Waals surface area (Å²) < 4.78 is 0. The molecular formula is C10H11NO4. The molecule has 5 nitrogen and oxygen atoms in total. The van der Waals surface area contributed by atoms with Gasteiger partial charge in [-0.05, 0) is 18.6 Å². The van der Waals surface area contributed by atoms with Crippen molar-refractivity contribution in [2.24, 2.45) is 0 Å². The Hall–Kier alpha value is -1.91. The molecule has 1 aromatic rings. The van der Waals surface area contributed by atoms with Crippen molar-refractivity contribution in [1.29, 1.82) is 0 Å². The van der Waals surface area contributed by atoms with E-state index in [9.17, 15) is 9.59 Å². The van der Waals surface area contributed by atoms with Crippen molar-refractivity contribution < 1.29 is 19.8 Å². The molecule has 0 aliphatic heterocycles. The van der Waals surface area contributed by atoms with Gasteiger partial charge in [-0.3, -0.25) is 14.6 Å². The topological polar surface area (TPSA) is 87.5 Å². The molecule has 0 bridgehead atoms. The van der Waals surface area contributed by atoms with E-state index in [1.807, 2.05) is 0 Å². The number of hydrogen-bond donors (Lipinski definition) is 2. The monoisotopic (exact) mass is 209 g/mol. The predicted octanol–water partition coefficient (Wildman–Crippen LogP) is 0.644. The minimum atomic E-state index is -0.951. The number of hydrogen-bond acceptors (Lipinski definition) is 3. The molecule has 2 N–H and O–H groups in total. The first-order chi connectivity index (χ1) is 6.99. The average Bonchev–Trinajstić information content (AvgIpc) is 2.08. The van der Waals surface area contributed by atoms with Crippen LogP contribution in [-0.4, -0.2) is 27.1 Å². The van der Waals surface area contributed by atoms with E-state index in [2.05, 4.69) is 4.98 Å². The molecule has 0 saturated carbocycles. The quantitative estimate of drug-likeness (QED) is 0.759. The maximum atomic E-state index is 10.5. The number of aromatic nitrogens is 1. The number of carboxylic acids is 2. The van der Waals surface area contributed by atoms with Crippen LogP contribution in [0.1, 0.15) is 17.0 Å². The molecular weight excluding hydrogens is 198 g/mol. The molecule has 1 aromatic heterocycles. The average molecular weight is 209 g/mol. The van der Waals surface area contributed by atoms with Crippen molar-refractivity contribution in [2.75, 3.05) is 0 Å². The summed E-state index contributed by atoms with van der Waals surface area (Å²) in [7, 11) is 0. The summed E-state index contributed by atoms with van der Waals surface area (Å²) in [6.45, 7) is 1.67. The highest BCUT2D eigenvalue weighted by Crippen LogP contribution is 2.08. The molecule has 1 heterocycles. The van der Waals surface area contributed by atoms with Gasteiger partial charge in [-0.1, -0.05) is 6.07 Å². The second kappa shape index (κ2) is 4.54. The van der Waals surface area contributed by atoms with Gasteiger partial charge in [0.15, 0.2) is 0 Å². The van der Waals surface area contributed by atoms with Gasteiger partial charge in [0.25, 0.3) is 0 Å². The second-order valence-corrected chi connectivity index (χ2v) is 3.19. The van der Waals surface area contributed by atoms with Gasteiger partial charge in [0.2, 0.25) is 0 Å². The van der Waals surface area contributed by atoms with Crippen LogP contribution in [0.4, 0.5) is 0 Å². The second-order valence-electron chi connectivity index (χ2n) is 3.19. The van der Waals surface area contributed by atoms with Crippen molar-refractivity contribution in [3.05, 3.63) is 29.1 Å². The van der Waals surface area contributed by atoms with E-state index in [4.69, 9.17) is 10.2 Å². The van der Waals surface area contributed by atoms with Crippen molar-refractivity contribution in [2.45, 2.75) is 19.8 Å². The van der Waals surface area contributed by atoms with Gasteiger partial charge in [0, 0.05) is 5.69 Å². The van der Waals surface area contributed by atoms with Crippen LogP contribution in [0, 0.1) is 6.92 Å². The third-order valence-corrected chi connectivity index (χ3v) is 1.93. The fraction of sp³-hybridized carbons (Fsp3) is 0.300. The Morgan fingerprint density at radius 3 is 2.27 bits per heavy atom. The SMILES string of the molecule is Cc1nc(CC(=O)O)ccc1CC(=O)O. The molecule has 0 aliphatic carbocycles. The van der Waals surface area contributed by atoms with Crippen LogP contribution < -0.4 is 0 Å². The maximum absolute atomic E-state index is 10.5. The minimum absolute atomic E-state index is 0.0911. The first kappa shape index (κ1) is 11.2. The number of pyridine rings is 1. The van der Waals surface area contributed by atoms with Crippen molar-refractivity contribution in [3.63, 3.8) is 0 Å². The number of carboxylic acid groups (broad SMARTS) is 2. The van der Waals surface area contributed by atoms with Crippen LogP contribution in [0.3, 0.4) is 0 Å². The van der Waals surface area contributed by atoms with E-state index in [0.29, 0.717) is 17.0 Å². The number of rotatable bonds is 4. The zero-order chi connectivity index (χ0) is 11.4.